The van der Waals surface area contributed by atoms with Crippen molar-refractivity contribution in [2.75, 3.05) is 6.54 Å². The Morgan fingerprint density at radius 1 is 0.938 bits per heavy atom. The molecule has 1 amide bonds. The normalized spacial score (nSPS) is 29.2. The van der Waals surface area contributed by atoms with Crippen LogP contribution in [0.2, 0.25) is 0 Å². The minimum absolute atomic E-state index is 0.218. The fraction of sp³-hybridized carbons (Fsp3) is 0.923. The van der Waals surface area contributed by atoms with Gasteiger partial charge in [-0.05, 0) is 19.3 Å². The molecule has 3 heteroatoms. The van der Waals surface area contributed by atoms with Gasteiger partial charge < -0.3 is 10.6 Å². The Morgan fingerprint density at radius 2 is 1.62 bits per heavy atom. The van der Waals surface area contributed by atoms with E-state index in [0.29, 0.717) is 18.5 Å². The molecule has 2 N–H and O–H groups in total. The SMILES string of the molecule is O=C1CCC(NC2CCCCCCC2)CN1. The summed E-state index contributed by atoms with van der Waals surface area (Å²) in [4.78, 5) is 11.1. The lowest BCUT2D eigenvalue weighted by Crippen LogP contribution is -2.49. The van der Waals surface area contributed by atoms with Crippen LogP contribution in [0.5, 0.6) is 0 Å². The summed E-state index contributed by atoms with van der Waals surface area (Å²) in [6.07, 6.45) is 11.3. The highest BCUT2D eigenvalue weighted by atomic mass is 16.1. The molecule has 2 fully saturated rings. The number of nitrogens with one attached hydrogen (secondary N) is 2. The van der Waals surface area contributed by atoms with E-state index in [4.69, 9.17) is 0 Å². The number of carbonyl (C=O) groups excluding carboxylic acids is 1. The van der Waals surface area contributed by atoms with Gasteiger partial charge in [-0.2, -0.15) is 0 Å². The molecule has 0 aromatic heterocycles. The molecule has 1 unspecified atom stereocenters. The second-order valence-electron chi connectivity index (χ2n) is 5.25. The van der Waals surface area contributed by atoms with Crippen LogP contribution >= 0.6 is 0 Å². The monoisotopic (exact) mass is 224 g/mol. The zero-order chi connectivity index (χ0) is 11.2. The molecule has 1 atom stereocenters. The highest BCUT2D eigenvalue weighted by molar-refractivity contribution is 5.76. The molecule has 16 heavy (non-hydrogen) atoms. The topological polar surface area (TPSA) is 41.1 Å². The van der Waals surface area contributed by atoms with E-state index >= 15 is 0 Å². The molecule has 1 saturated heterocycles. The van der Waals surface area contributed by atoms with Crippen molar-refractivity contribution in [3.8, 4) is 0 Å². The van der Waals surface area contributed by atoms with Gasteiger partial charge in [0.1, 0.15) is 0 Å². The first-order valence-corrected chi connectivity index (χ1v) is 6.87. The van der Waals surface area contributed by atoms with Crippen LogP contribution in [0.15, 0.2) is 0 Å². The van der Waals surface area contributed by atoms with Crippen LogP contribution in [0.1, 0.15) is 57.8 Å². The van der Waals surface area contributed by atoms with Gasteiger partial charge in [-0.25, -0.2) is 0 Å². The van der Waals surface area contributed by atoms with E-state index in [-0.39, 0.29) is 5.91 Å². The van der Waals surface area contributed by atoms with Crippen molar-refractivity contribution in [3.05, 3.63) is 0 Å². The standard InChI is InChI=1S/C13H24N2O/c16-13-9-8-12(10-14-13)15-11-6-4-2-1-3-5-7-11/h11-12,15H,1-10H2,(H,14,16). The molecule has 3 nitrogen and oxygen atoms in total. The molecule has 1 aliphatic carbocycles. The molecule has 0 aromatic carbocycles. The first kappa shape index (κ1) is 11.9. The van der Waals surface area contributed by atoms with Crippen molar-refractivity contribution in [3.63, 3.8) is 0 Å². The van der Waals surface area contributed by atoms with E-state index in [1.54, 1.807) is 0 Å². The second-order valence-corrected chi connectivity index (χ2v) is 5.25. The summed E-state index contributed by atoms with van der Waals surface area (Å²) >= 11 is 0. The van der Waals surface area contributed by atoms with Gasteiger partial charge >= 0.3 is 0 Å². The predicted octanol–water partition coefficient (Wildman–Crippen LogP) is 1.97. The molecule has 1 aliphatic heterocycles. The minimum atomic E-state index is 0.218. The van der Waals surface area contributed by atoms with Gasteiger partial charge in [0.15, 0.2) is 0 Å². The quantitative estimate of drug-likeness (QED) is 0.753. The molecule has 92 valence electrons. The zero-order valence-electron chi connectivity index (χ0n) is 10.1. The lowest BCUT2D eigenvalue weighted by atomic mass is 9.95. The van der Waals surface area contributed by atoms with Crippen molar-refractivity contribution in [1.29, 1.82) is 0 Å². The van der Waals surface area contributed by atoms with Gasteiger partial charge in [0.25, 0.3) is 0 Å². The highest BCUT2D eigenvalue weighted by Crippen LogP contribution is 2.18. The molecule has 0 radical (unpaired) electrons. The van der Waals surface area contributed by atoms with Crippen molar-refractivity contribution >= 4 is 5.91 Å². The molecule has 0 spiro atoms. The maximum Gasteiger partial charge on any atom is 0.220 e. The Morgan fingerprint density at radius 3 is 2.25 bits per heavy atom. The molecule has 1 heterocycles. The fourth-order valence-corrected chi connectivity index (χ4v) is 2.83. The van der Waals surface area contributed by atoms with Crippen molar-refractivity contribution in [2.45, 2.75) is 69.9 Å². The van der Waals surface area contributed by atoms with Crippen LogP contribution in [0.25, 0.3) is 0 Å². The van der Waals surface area contributed by atoms with E-state index in [0.717, 1.165) is 13.0 Å². The van der Waals surface area contributed by atoms with Gasteiger partial charge in [-0.1, -0.05) is 32.1 Å². The van der Waals surface area contributed by atoms with Gasteiger partial charge in [-0.15, -0.1) is 0 Å². The van der Waals surface area contributed by atoms with E-state index in [1.807, 2.05) is 0 Å². The number of hydrogen-bond donors (Lipinski definition) is 2. The molecular weight excluding hydrogens is 200 g/mol. The van der Waals surface area contributed by atoms with E-state index < -0.39 is 0 Å². The van der Waals surface area contributed by atoms with Gasteiger partial charge in [0.05, 0.1) is 0 Å². The average molecular weight is 224 g/mol. The van der Waals surface area contributed by atoms with Crippen LogP contribution in [0.4, 0.5) is 0 Å². The summed E-state index contributed by atoms with van der Waals surface area (Å²) in [6, 6.07) is 1.21. The molecule has 2 rings (SSSR count). The van der Waals surface area contributed by atoms with Crippen molar-refractivity contribution in [2.24, 2.45) is 0 Å². The highest BCUT2D eigenvalue weighted by Gasteiger charge is 2.21. The lowest BCUT2D eigenvalue weighted by Gasteiger charge is -2.29. The Bertz CT molecular complexity index is 212. The number of rotatable bonds is 2. The van der Waals surface area contributed by atoms with Crippen molar-refractivity contribution < 1.29 is 4.79 Å². The lowest BCUT2D eigenvalue weighted by molar-refractivity contribution is -0.122. The van der Waals surface area contributed by atoms with Crippen LogP contribution < -0.4 is 10.6 Å². The fourth-order valence-electron chi connectivity index (χ4n) is 2.83. The molecule has 2 aliphatic rings. The van der Waals surface area contributed by atoms with Gasteiger partial charge in [-0.3, -0.25) is 4.79 Å². The summed E-state index contributed by atoms with van der Waals surface area (Å²) in [5, 5.41) is 6.68. The maximum atomic E-state index is 11.1. The first-order valence-electron chi connectivity index (χ1n) is 6.87. The third kappa shape index (κ3) is 3.78. The largest absolute Gasteiger partial charge is 0.355 e. The van der Waals surface area contributed by atoms with Crippen molar-refractivity contribution in [1.82, 2.24) is 10.6 Å². The van der Waals surface area contributed by atoms with Crippen LogP contribution in [0.3, 0.4) is 0 Å². The molecule has 0 bridgehead atoms. The number of piperidine rings is 1. The Labute approximate surface area is 98.4 Å². The van der Waals surface area contributed by atoms with Crippen LogP contribution in [-0.2, 0) is 4.79 Å². The number of amides is 1. The van der Waals surface area contributed by atoms with Gasteiger partial charge in [0, 0.05) is 25.0 Å². The molecule has 0 aromatic rings. The Balaban J connectivity index is 1.72. The summed E-state index contributed by atoms with van der Waals surface area (Å²) in [7, 11) is 0. The summed E-state index contributed by atoms with van der Waals surface area (Å²) in [5.41, 5.74) is 0. The molecular formula is C13H24N2O. The predicted molar refractivity (Wildman–Crippen MR) is 65.3 cm³/mol. The summed E-state index contributed by atoms with van der Waals surface area (Å²) in [5.74, 6) is 0.218. The second kappa shape index (κ2) is 6.24. The maximum absolute atomic E-state index is 11.1. The average Bonchev–Trinajstić information content (AvgIpc) is 2.25. The van der Waals surface area contributed by atoms with E-state index in [2.05, 4.69) is 10.6 Å². The first-order chi connectivity index (χ1) is 7.84. The third-order valence-electron chi connectivity index (χ3n) is 3.84. The van der Waals surface area contributed by atoms with Crippen LogP contribution in [-0.4, -0.2) is 24.5 Å². The number of carbonyl (C=O) groups is 1. The Kier molecular flexibility index (Phi) is 4.64. The minimum Gasteiger partial charge on any atom is -0.355 e. The summed E-state index contributed by atoms with van der Waals surface area (Å²) < 4.78 is 0. The molecule has 1 saturated carbocycles. The zero-order valence-corrected chi connectivity index (χ0v) is 10.1. The van der Waals surface area contributed by atoms with Gasteiger partial charge in [0.2, 0.25) is 5.91 Å². The van der Waals surface area contributed by atoms with Crippen LogP contribution in [0, 0.1) is 0 Å². The van der Waals surface area contributed by atoms with E-state index in [1.165, 1.54) is 44.9 Å². The number of hydrogen-bond acceptors (Lipinski definition) is 2. The smallest absolute Gasteiger partial charge is 0.220 e. The Hall–Kier alpha value is -0.570. The van der Waals surface area contributed by atoms with E-state index in [9.17, 15) is 4.79 Å². The third-order valence-corrected chi connectivity index (χ3v) is 3.84. The summed E-state index contributed by atoms with van der Waals surface area (Å²) in [6.45, 7) is 0.829.